The number of hydrogen-bond donors (Lipinski definition) is 1. The normalized spacial score (nSPS) is 13.2. The average Bonchev–Trinajstić information content (AvgIpc) is 3.04. The third-order valence-electron chi connectivity index (χ3n) is 4.36. The lowest BCUT2D eigenvalue weighted by Gasteiger charge is -2.19. The summed E-state index contributed by atoms with van der Waals surface area (Å²) in [6, 6.07) is 15.1. The van der Waals surface area contributed by atoms with Gasteiger partial charge in [0.05, 0.1) is 21.2 Å². The number of anilines is 1. The molecule has 0 spiro atoms. The van der Waals surface area contributed by atoms with E-state index in [-0.39, 0.29) is 6.04 Å². The van der Waals surface area contributed by atoms with Crippen LogP contribution in [0.5, 0.6) is 0 Å². The van der Waals surface area contributed by atoms with Gasteiger partial charge in [-0.25, -0.2) is 13.4 Å². The Morgan fingerprint density at radius 2 is 1.73 bits per heavy atom. The van der Waals surface area contributed by atoms with E-state index < -0.39 is 10.0 Å². The zero-order valence-electron chi connectivity index (χ0n) is 15.1. The van der Waals surface area contributed by atoms with Crippen LogP contribution in [0.15, 0.2) is 53.4 Å². The molecule has 3 aromatic rings. The van der Waals surface area contributed by atoms with Crippen LogP contribution in [0.1, 0.15) is 32.4 Å². The highest BCUT2D eigenvalue weighted by molar-refractivity contribution is 7.89. The first-order valence-electron chi connectivity index (χ1n) is 8.68. The highest BCUT2D eigenvalue weighted by Crippen LogP contribution is 2.29. The number of sulfonamides is 1. The van der Waals surface area contributed by atoms with Crippen molar-refractivity contribution in [3.05, 3.63) is 54.1 Å². The molecule has 0 aliphatic heterocycles. The molecule has 1 aromatic heterocycles. The Hall–Kier alpha value is -1.96. The molecular weight excluding hydrogens is 366 g/mol. The molecule has 0 fully saturated rings. The summed E-state index contributed by atoms with van der Waals surface area (Å²) in [6.45, 7) is 6.67. The molecule has 0 aliphatic carbocycles. The van der Waals surface area contributed by atoms with Gasteiger partial charge in [0.25, 0.3) is 0 Å². The van der Waals surface area contributed by atoms with Crippen LogP contribution in [0.4, 0.5) is 5.13 Å². The second-order valence-corrected chi connectivity index (χ2v) is 8.98. The summed E-state index contributed by atoms with van der Waals surface area (Å²) in [5.41, 5.74) is 2.00. The molecule has 26 heavy (non-hydrogen) atoms. The number of fused-ring (bicyclic) bond motifs is 1. The Morgan fingerprint density at radius 1 is 1.08 bits per heavy atom. The molecule has 5 nitrogen and oxygen atoms in total. The highest BCUT2D eigenvalue weighted by atomic mass is 32.2. The maximum absolute atomic E-state index is 12.6. The second kappa shape index (κ2) is 7.73. The molecule has 0 saturated carbocycles. The molecule has 1 N–H and O–H groups in total. The molecule has 1 atom stereocenters. The Kier molecular flexibility index (Phi) is 5.60. The van der Waals surface area contributed by atoms with Crippen molar-refractivity contribution in [3.8, 4) is 0 Å². The van der Waals surface area contributed by atoms with Crippen molar-refractivity contribution in [2.75, 3.05) is 18.4 Å². The molecule has 1 heterocycles. The minimum absolute atomic E-state index is 0.0285. The van der Waals surface area contributed by atoms with Crippen LogP contribution in [0.25, 0.3) is 10.2 Å². The van der Waals surface area contributed by atoms with Gasteiger partial charge in [0, 0.05) is 13.1 Å². The first-order chi connectivity index (χ1) is 12.5. The van der Waals surface area contributed by atoms with E-state index in [4.69, 9.17) is 0 Å². The van der Waals surface area contributed by atoms with E-state index in [1.807, 2.05) is 51.1 Å². The Balaban J connectivity index is 1.77. The van der Waals surface area contributed by atoms with Crippen LogP contribution < -0.4 is 5.32 Å². The quantitative estimate of drug-likeness (QED) is 0.646. The molecule has 138 valence electrons. The number of aromatic nitrogens is 1. The lowest BCUT2D eigenvalue weighted by atomic mass is 10.1. The van der Waals surface area contributed by atoms with Crippen molar-refractivity contribution in [3.63, 3.8) is 0 Å². The van der Waals surface area contributed by atoms with Gasteiger partial charge in [0.15, 0.2) is 5.13 Å². The van der Waals surface area contributed by atoms with E-state index >= 15 is 0 Å². The zero-order chi connectivity index (χ0) is 18.7. The molecule has 2 aromatic carbocycles. The van der Waals surface area contributed by atoms with Crippen LogP contribution >= 0.6 is 11.3 Å². The van der Waals surface area contributed by atoms with Crippen molar-refractivity contribution < 1.29 is 8.42 Å². The predicted octanol–water partition coefficient (Wildman–Crippen LogP) is 4.50. The molecule has 0 saturated heterocycles. The SMILES string of the molecule is CCN(CC)S(=O)(=O)c1ccc(C(C)Nc2nc3ccccc3s2)cc1. The molecule has 7 heteroatoms. The summed E-state index contributed by atoms with van der Waals surface area (Å²) in [7, 11) is -3.42. The maximum Gasteiger partial charge on any atom is 0.243 e. The Bertz CT molecular complexity index is 944. The Labute approximate surface area is 158 Å². The monoisotopic (exact) mass is 389 g/mol. The summed E-state index contributed by atoms with van der Waals surface area (Å²) in [5, 5.41) is 4.26. The topological polar surface area (TPSA) is 62.3 Å². The maximum atomic E-state index is 12.6. The van der Waals surface area contributed by atoms with Crippen molar-refractivity contribution >= 4 is 36.7 Å². The minimum atomic E-state index is -3.42. The number of thiazole rings is 1. The standard InChI is InChI=1S/C19H23N3O2S2/c1-4-22(5-2)26(23,24)16-12-10-15(11-13-16)14(3)20-19-21-17-8-6-7-9-18(17)25-19/h6-14H,4-5H2,1-3H3,(H,20,21). The van der Waals surface area contributed by atoms with Gasteiger partial charge in [-0.3, -0.25) is 0 Å². The van der Waals surface area contributed by atoms with Gasteiger partial charge < -0.3 is 5.32 Å². The van der Waals surface area contributed by atoms with Crippen molar-refractivity contribution in [1.82, 2.24) is 9.29 Å². The van der Waals surface area contributed by atoms with Gasteiger partial charge in [0.2, 0.25) is 10.0 Å². The average molecular weight is 390 g/mol. The van der Waals surface area contributed by atoms with Crippen LogP contribution in [-0.2, 0) is 10.0 Å². The molecular formula is C19H23N3O2S2. The van der Waals surface area contributed by atoms with Crippen LogP contribution in [0, 0.1) is 0 Å². The van der Waals surface area contributed by atoms with Gasteiger partial charge in [-0.2, -0.15) is 4.31 Å². The van der Waals surface area contributed by atoms with E-state index in [2.05, 4.69) is 16.4 Å². The van der Waals surface area contributed by atoms with E-state index in [0.717, 1.165) is 20.9 Å². The van der Waals surface area contributed by atoms with Gasteiger partial charge in [-0.15, -0.1) is 0 Å². The minimum Gasteiger partial charge on any atom is -0.355 e. The number of nitrogens with zero attached hydrogens (tertiary/aromatic N) is 2. The van der Waals surface area contributed by atoms with Crippen LogP contribution in [0.2, 0.25) is 0 Å². The zero-order valence-corrected chi connectivity index (χ0v) is 16.8. The third kappa shape index (κ3) is 3.75. The first kappa shape index (κ1) is 18.8. The van der Waals surface area contributed by atoms with Crippen LogP contribution in [-0.4, -0.2) is 30.8 Å². The molecule has 3 rings (SSSR count). The third-order valence-corrected chi connectivity index (χ3v) is 7.39. The van der Waals surface area contributed by atoms with Crippen molar-refractivity contribution in [1.29, 1.82) is 0 Å². The fraction of sp³-hybridized carbons (Fsp3) is 0.316. The fourth-order valence-electron chi connectivity index (χ4n) is 2.84. The molecule has 0 aliphatic rings. The first-order valence-corrected chi connectivity index (χ1v) is 10.9. The van der Waals surface area contributed by atoms with E-state index in [9.17, 15) is 8.42 Å². The van der Waals surface area contributed by atoms with E-state index in [0.29, 0.717) is 18.0 Å². The highest BCUT2D eigenvalue weighted by Gasteiger charge is 2.21. The summed E-state index contributed by atoms with van der Waals surface area (Å²) in [6.07, 6.45) is 0. The summed E-state index contributed by atoms with van der Waals surface area (Å²) in [4.78, 5) is 4.92. The van der Waals surface area contributed by atoms with Gasteiger partial charge >= 0.3 is 0 Å². The number of nitrogens with one attached hydrogen (secondary N) is 1. The number of para-hydroxylation sites is 1. The van der Waals surface area contributed by atoms with Crippen LogP contribution in [0.3, 0.4) is 0 Å². The molecule has 0 bridgehead atoms. The predicted molar refractivity (Wildman–Crippen MR) is 108 cm³/mol. The van der Waals surface area contributed by atoms with Crippen molar-refractivity contribution in [2.24, 2.45) is 0 Å². The molecule has 1 unspecified atom stereocenters. The molecule has 0 radical (unpaired) electrons. The van der Waals surface area contributed by atoms with Gasteiger partial charge in [-0.05, 0) is 36.8 Å². The number of benzene rings is 2. The summed E-state index contributed by atoms with van der Waals surface area (Å²) < 4.78 is 27.7. The van der Waals surface area contributed by atoms with E-state index in [1.54, 1.807) is 23.5 Å². The number of rotatable bonds is 7. The van der Waals surface area contributed by atoms with Gasteiger partial charge in [-0.1, -0.05) is 49.4 Å². The largest absolute Gasteiger partial charge is 0.355 e. The lowest BCUT2D eigenvalue weighted by molar-refractivity contribution is 0.445. The fourth-order valence-corrected chi connectivity index (χ4v) is 5.25. The van der Waals surface area contributed by atoms with Gasteiger partial charge in [0.1, 0.15) is 0 Å². The summed E-state index contributed by atoms with van der Waals surface area (Å²) >= 11 is 1.61. The Morgan fingerprint density at radius 3 is 2.35 bits per heavy atom. The number of hydrogen-bond acceptors (Lipinski definition) is 5. The second-order valence-electron chi connectivity index (χ2n) is 6.01. The molecule has 0 amide bonds. The van der Waals surface area contributed by atoms with Crippen molar-refractivity contribution in [2.45, 2.75) is 31.7 Å². The smallest absolute Gasteiger partial charge is 0.243 e. The lowest BCUT2D eigenvalue weighted by Crippen LogP contribution is -2.30. The van der Waals surface area contributed by atoms with E-state index in [1.165, 1.54) is 4.31 Å². The summed E-state index contributed by atoms with van der Waals surface area (Å²) in [5.74, 6) is 0.